The number of rotatable bonds is 6. The summed E-state index contributed by atoms with van der Waals surface area (Å²) in [5, 5.41) is 11.7. The van der Waals surface area contributed by atoms with Crippen LogP contribution in [0.2, 0.25) is 0 Å². The summed E-state index contributed by atoms with van der Waals surface area (Å²) >= 11 is 0. The second kappa shape index (κ2) is 7.01. The highest BCUT2D eigenvalue weighted by molar-refractivity contribution is 5.95. The molecule has 0 aliphatic carbocycles. The number of nitrogens with one attached hydrogen (secondary N) is 1. The Morgan fingerprint density at radius 1 is 1.44 bits per heavy atom. The van der Waals surface area contributed by atoms with Crippen LogP contribution in [0.4, 0.5) is 5.69 Å². The van der Waals surface area contributed by atoms with Gasteiger partial charge < -0.3 is 15.3 Å². The lowest BCUT2D eigenvalue weighted by molar-refractivity contribution is 0.0945. The highest BCUT2D eigenvalue weighted by Crippen LogP contribution is 2.13. The van der Waals surface area contributed by atoms with Crippen molar-refractivity contribution in [1.29, 1.82) is 0 Å². The summed E-state index contributed by atoms with van der Waals surface area (Å²) in [7, 11) is 3.89. The van der Waals surface area contributed by atoms with Crippen molar-refractivity contribution in [2.24, 2.45) is 5.92 Å². The number of carbonyl (C=O) groups excluding carboxylic acids is 1. The minimum Gasteiger partial charge on any atom is -0.396 e. The molecule has 4 heteroatoms. The highest BCUT2D eigenvalue weighted by Gasteiger charge is 2.08. The number of carbonyl (C=O) groups is 1. The maximum atomic E-state index is 11.9. The lowest BCUT2D eigenvalue weighted by Gasteiger charge is -2.14. The summed E-state index contributed by atoms with van der Waals surface area (Å²) in [5.41, 5.74) is 1.67. The molecule has 100 valence electrons. The zero-order chi connectivity index (χ0) is 13.5. The smallest absolute Gasteiger partial charge is 0.251 e. The second-order valence-electron chi connectivity index (χ2n) is 4.77. The Morgan fingerprint density at radius 2 is 2.17 bits per heavy atom. The molecule has 0 saturated heterocycles. The van der Waals surface area contributed by atoms with E-state index < -0.39 is 0 Å². The molecule has 0 heterocycles. The third-order valence-corrected chi connectivity index (χ3v) is 2.86. The van der Waals surface area contributed by atoms with E-state index in [1.54, 1.807) is 6.07 Å². The standard InChI is InChI=1S/C14H22N2O2/c1-11(7-8-17)10-15-14(18)12-5-4-6-13(9-12)16(2)3/h4-6,9,11,17H,7-8,10H2,1-3H3,(H,15,18). The molecule has 1 unspecified atom stereocenters. The van der Waals surface area contributed by atoms with Crippen LogP contribution in [-0.4, -0.2) is 38.3 Å². The number of aliphatic hydroxyl groups is 1. The monoisotopic (exact) mass is 250 g/mol. The fourth-order valence-electron chi connectivity index (χ4n) is 1.62. The van der Waals surface area contributed by atoms with Gasteiger partial charge in [0.25, 0.3) is 5.91 Å². The Hall–Kier alpha value is -1.55. The molecule has 0 radical (unpaired) electrons. The molecule has 1 atom stereocenters. The highest BCUT2D eigenvalue weighted by atomic mass is 16.3. The molecule has 0 fully saturated rings. The molecule has 4 nitrogen and oxygen atoms in total. The molecule has 0 aromatic heterocycles. The van der Waals surface area contributed by atoms with Gasteiger partial charge in [-0.05, 0) is 30.5 Å². The van der Waals surface area contributed by atoms with Crippen molar-refractivity contribution in [3.05, 3.63) is 29.8 Å². The van der Waals surface area contributed by atoms with Gasteiger partial charge in [-0.25, -0.2) is 0 Å². The van der Waals surface area contributed by atoms with Gasteiger partial charge in [-0.3, -0.25) is 4.79 Å². The Kier molecular flexibility index (Phi) is 5.65. The Labute approximate surface area is 109 Å². The summed E-state index contributed by atoms with van der Waals surface area (Å²) in [6.45, 7) is 2.76. The maximum Gasteiger partial charge on any atom is 0.251 e. The van der Waals surface area contributed by atoms with Gasteiger partial charge in [0.15, 0.2) is 0 Å². The van der Waals surface area contributed by atoms with E-state index in [1.807, 2.05) is 44.1 Å². The molecule has 0 saturated carbocycles. The first kappa shape index (κ1) is 14.5. The van der Waals surface area contributed by atoms with Gasteiger partial charge in [-0.2, -0.15) is 0 Å². The molecule has 0 aliphatic heterocycles. The Bertz CT molecular complexity index is 391. The molecule has 18 heavy (non-hydrogen) atoms. The lowest BCUT2D eigenvalue weighted by atomic mass is 10.1. The molecular formula is C14H22N2O2. The average molecular weight is 250 g/mol. The maximum absolute atomic E-state index is 11.9. The van der Waals surface area contributed by atoms with Gasteiger partial charge >= 0.3 is 0 Å². The first-order chi connectivity index (χ1) is 8.54. The number of amides is 1. The van der Waals surface area contributed by atoms with E-state index in [4.69, 9.17) is 5.11 Å². The van der Waals surface area contributed by atoms with Gasteiger partial charge in [0.2, 0.25) is 0 Å². The van der Waals surface area contributed by atoms with Crippen molar-refractivity contribution in [3.8, 4) is 0 Å². The van der Waals surface area contributed by atoms with E-state index in [1.165, 1.54) is 0 Å². The molecule has 1 aromatic carbocycles. The van der Waals surface area contributed by atoms with Crippen LogP contribution in [0.15, 0.2) is 24.3 Å². The lowest BCUT2D eigenvalue weighted by Crippen LogP contribution is -2.28. The van der Waals surface area contributed by atoms with Crippen LogP contribution in [0.3, 0.4) is 0 Å². The van der Waals surface area contributed by atoms with Crippen LogP contribution in [-0.2, 0) is 0 Å². The number of hydrogen-bond acceptors (Lipinski definition) is 3. The van der Waals surface area contributed by atoms with Crippen LogP contribution in [0, 0.1) is 5.92 Å². The van der Waals surface area contributed by atoms with Crippen molar-refractivity contribution in [2.75, 3.05) is 32.1 Å². The summed E-state index contributed by atoms with van der Waals surface area (Å²) in [6.07, 6.45) is 0.706. The number of anilines is 1. The zero-order valence-corrected chi connectivity index (χ0v) is 11.3. The summed E-state index contributed by atoms with van der Waals surface area (Å²) in [6, 6.07) is 7.51. The number of hydrogen-bond donors (Lipinski definition) is 2. The SMILES string of the molecule is CC(CCO)CNC(=O)c1cccc(N(C)C)c1. The molecule has 0 spiro atoms. The molecule has 1 aromatic rings. The molecule has 0 aliphatic rings. The number of nitrogens with zero attached hydrogens (tertiary/aromatic N) is 1. The van der Waals surface area contributed by atoms with Crippen LogP contribution in [0.5, 0.6) is 0 Å². The van der Waals surface area contributed by atoms with E-state index in [0.29, 0.717) is 18.5 Å². The van der Waals surface area contributed by atoms with E-state index in [-0.39, 0.29) is 18.4 Å². The third-order valence-electron chi connectivity index (χ3n) is 2.86. The van der Waals surface area contributed by atoms with Crippen LogP contribution in [0.25, 0.3) is 0 Å². The van der Waals surface area contributed by atoms with Gasteiger partial charge in [-0.15, -0.1) is 0 Å². The third kappa shape index (κ3) is 4.37. The minimum atomic E-state index is -0.0662. The van der Waals surface area contributed by atoms with Crippen LogP contribution in [0.1, 0.15) is 23.7 Å². The summed E-state index contributed by atoms with van der Waals surface area (Å²) < 4.78 is 0. The second-order valence-corrected chi connectivity index (χ2v) is 4.77. The molecule has 2 N–H and O–H groups in total. The van der Waals surface area contributed by atoms with Gasteiger partial charge in [0.05, 0.1) is 0 Å². The minimum absolute atomic E-state index is 0.0662. The van der Waals surface area contributed by atoms with Gasteiger partial charge in [0.1, 0.15) is 0 Å². The predicted molar refractivity (Wildman–Crippen MR) is 74.0 cm³/mol. The summed E-state index contributed by atoms with van der Waals surface area (Å²) in [4.78, 5) is 13.9. The summed E-state index contributed by atoms with van der Waals surface area (Å²) in [5.74, 6) is 0.222. The van der Waals surface area contributed by atoms with Crippen LogP contribution < -0.4 is 10.2 Å². The molecule has 0 bridgehead atoms. The first-order valence-corrected chi connectivity index (χ1v) is 6.21. The number of benzene rings is 1. The number of aliphatic hydroxyl groups excluding tert-OH is 1. The topological polar surface area (TPSA) is 52.6 Å². The fourth-order valence-corrected chi connectivity index (χ4v) is 1.62. The van der Waals surface area contributed by atoms with E-state index in [9.17, 15) is 4.79 Å². The molecule has 1 amide bonds. The Balaban J connectivity index is 2.58. The van der Waals surface area contributed by atoms with E-state index in [0.717, 1.165) is 5.69 Å². The molecule has 1 rings (SSSR count). The van der Waals surface area contributed by atoms with E-state index >= 15 is 0 Å². The van der Waals surface area contributed by atoms with Crippen molar-refractivity contribution in [1.82, 2.24) is 5.32 Å². The first-order valence-electron chi connectivity index (χ1n) is 6.21. The van der Waals surface area contributed by atoms with Gasteiger partial charge in [-0.1, -0.05) is 13.0 Å². The largest absolute Gasteiger partial charge is 0.396 e. The Morgan fingerprint density at radius 3 is 2.78 bits per heavy atom. The van der Waals surface area contributed by atoms with Crippen LogP contribution >= 0.6 is 0 Å². The molecular weight excluding hydrogens is 228 g/mol. The fraction of sp³-hybridized carbons (Fsp3) is 0.500. The predicted octanol–water partition coefficient (Wildman–Crippen LogP) is 1.50. The van der Waals surface area contributed by atoms with Gasteiger partial charge in [0, 0.05) is 38.5 Å². The van der Waals surface area contributed by atoms with Crippen molar-refractivity contribution in [2.45, 2.75) is 13.3 Å². The quantitative estimate of drug-likeness (QED) is 0.804. The van der Waals surface area contributed by atoms with E-state index in [2.05, 4.69) is 5.32 Å². The van der Waals surface area contributed by atoms with Crippen molar-refractivity contribution < 1.29 is 9.90 Å². The van der Waals surface area contributed by atoms with Crippen molar-refractivity contribution in [3.63, 3.8) is 0 Å². The van der Waals surface area contributed by atoms with Crippen molar-refractivity contribution >= 4 is 11.6 Å². The average Bonchev–Trinajstić information content (AvgIpc) is 2.36. The normalized spacial score (nSPS) is 12.0. The zero-order valence-electron chi connectivity index (χ0n) is 11.3.